The van der Waals surface area contributed by atoms with Gasteiger partial charge in [-0.15, -0.1) is 0 Å². The summed E-state index contributed by atoms with van der Waals surface area (Å²) < 4.78 is 15.8. The van der Waals surface area contributed by atoms with Crippen LogP contribution in [-0.4, -0.2) is 30.2 Å². The van der Waals surface area contributed by atoms with E-state index in [2.05, 4.69) is 9.97 Å². The lowest BCUT2D eigenvalue weighted by molar-refractivity contribution is -0.142. The first-order valence-electron chi connectivity index (χ1n) is 8.61. The summed E-state index contributed by atoms with van der Waals surface area (Å²) >= 11 is 0. The number of rotatable bonds is 6. The van der Waals surface area contributed by atoms with E-state index < -0.39 is 12.1 Å². The molecule has 144 valence electrons. The molecule has 0 aliphatic carbocycles. The van der Waals surface area contributed by atoms with Crippen LogP contribution >= 0.6 is 0 Å². The molecule has 0 saturated carbocycles. The third-order valence-corrected chi connectivity index (χ3v) is 4.13. The lowest BCUT2D eigenvalue weighted by Gasteiger charge is -2.11. The van der Waals surface area contributed by atoms with Gasteiger partial charge in [0.15, 0.2) is 23.4 Å². The quantitative estimate of drug-likeness (QED) is 0.521. The smallest absolute Gasteiger partial charge is 0.331 e. The summed E-state index contributed by atoms with van der Waals surface area (Å²) in [5.74, 6) is 0.890. The van der Waals surface area contributed by atoms with Crippen LogP contribution in [0.2, 0.25) is 0 Å². The number of nitrogens with zero attached hydrogens (tertiary/aromatic N) is 1. The molecule has 28 heavy (non-hydrogen) atoms. The van der Waals surface area contributed by atoms with Gasteiger partial charge in [0.25, 0.3) is 5.56 Å². The molecule has 2 aromatic carbocycles. The molecule has 1 aromatic heterocycles. The van der Waals surface area contributed by atoms with Crippen molar-refractivity contribution in [3.05, 3.63) is 70.3 Å². The zero-order valence-corrected chi connectivity index (χ0v) is 15.8. The van der Waals surface area contributed by atoms with Gasteiger partial charge in [-0.05, 0) is 42.8 Å². The van der Waals surface area contributed by atoms with Gasteiger partial charge in [-0.2, -0.15) is 0 Å². The summed E-state index contributed by atoms with van der Waals surface area (Å²) in [5, 5.41) is 0.484. The Bertz CT molecular complexity index is 1090. The zero-order chi connectivity index (χ0) is 20.1. The number of hydrogen-bond donors (Lipinski definition) is 1. The number of benzene rings is 2. The van der Waals surface area contributed by atoms with Crippen LogP contribution in [0.3, 0.4) is 0 Å². The fraction of sp³-hybridized carbons (Fsp3) is 0.190. The average molecular weight is 380 g/mol. The Morgan fingerprint density at radius 3 is 2.61 bits per heavy atom. The van der Waals surface area contributed by atoms with Gasteiger partial charge in [-0.25, -0.2) is 9.78 Å². The van der Waals surface area contributed by atoms with E-state index in [1.165, 1.54) is 6.08 Å². The fourth-order valence-corrected chi connectivity index (χ4v) is 2.69. The molecular formula is C21H20N2O5. The van der Waals surface area contributed by atoms with Crippen molar-refractivity contribution in [2.24, 2.45) is 0 Å². The summed E-state index contributed by atoms with van der Waals surface area (Å²) in [6.45, 7) is 1.65. The number of esters is 1. The molecule has 1 heterocycles. The van der Waals surface area contributed by atoms with Gasteiger partial charge in [0.1, 0.15) is 0 Å². The number of carbonyl (C=O) groups excluding carboxylic acids is 1. The van der Waals surface area contributed by atoms with Crippen LogP contribution in [0.5, 0.6) is 11.5 Å². The van der Waals surface area contributed by atoms with E-state index >= 15 is 0 Å². The molecule has 0 radical (unpaired) electrons. The minimum absolute atomic E-state index is 0.274. The molecule has 3 aromatic rings. The third-order valence-electron chi connectivity index (χ3n) is 4.13. The summed E-state index contributed by atoms with van der Waals surface area (Å²) in [6.07, 6.45) is 2.20. The average Bonchev–Trinajstić information content (AvgIpc) is 2.71. The van der Waals surface area contributed by atoms with Crippen molar-refractivity contribution in [3.63, 3.8) is 0 Å². The van der Waals surface area contributed by atoms with Crippen molar-refractivity contribution >= 4 is 22.9 Å². The molecule has 0 amide bonds. The minimum Gasteiger partial charge on any atom is -0.493 e. The van der Waals surface area contributed by atoms with Crippen LogP contribution in [0.15, 0.2) is 53.3 Å². The van der Waals surface area contributed by atoms with Gasteiger partial charge in [-0.3, -0.25) is 4.79 Å². The molecule has 0 saturated heterocycles. The molecule has 1 atom stereocenters. The summed E-state index contributed by atoms with van der Waals surface area (Å²) in [4.78, 5) is 31.3. The van der Waals surface area contributed by atoms with E-state index in [-0.39, 0.29) is 11.4 Å². The van der Waals surface area contributed by atoms with E-state index in [1.54, 1.807) is 69.7 Å². The third kappa shape index (κ3) is 4.20. The van der Waals surface area contributed by atoms with Gasteiger partial charge in [0.2, 0.25) is 0 Å². The minimum atomic E-state index is -0.708. The molecule has 0 aliphatic heterocycles. The number of carbonyl (C=O) groups is 1. The van der Waals surface area contributed by atoms with Crippen LogP contribution in [0.25, 0.3) is 17.0 Å². The number of aromatic nitrogens is 2. The highest BCUT2D eigenvalue weighted by Gasteiger charge is 2.14. The van der Waals surface area contributed by atoms with E-state index in [9.17, 15) is 9.59 Å². The molecule has 1 N–H and O–H groups in total. The van der Waals surface area contributed by atoms with E-state index in [0.29, 0.717) is 22.4 Å². The van der Waals surface area contributed by atoms with Crippen molar-refractivity contribution in [3.8, 4) is 11.5 Å². The second-order valence-electron chi connectivity index (χ2n) is 6.00. The van der Waals surface area contributed by atoms with Crippen molar-refractivity contribution in [1.82, 2.24) is 9.97 Å². The maximum atomic E-state index is 12.1. The van der Waals surface area contributed by atoms with Gasteiger partial charge >= 0.3 is 5.97 Å². The fourth-order valence-electron chi connectivity index (χ4n) is 2.69. The predicted octanol–water partition coefficient (Wildman–Crippen LogP) is 3.26. The molecular weight excluding hydrogens is 360 g/mol. The first-order chi connectivity index (χ1) is 13.5. The Morgan fingerprint density at radius 2 is 1.86 bits per heavy atom. The Labute approximate surface area is 161 Å². The maximum Gasteiger partial charge on any atom is 0.331 e. The monoisotopic (exact) mass is 380 g/mol. The molecule has 3 rings (SSSR count). The van der Waals surface area contributed by atoms with Crippen molar-refractivity contribution in [2.45, 2.75) is 13.0 Å². The topological polar surface area (TPSA) is 90.5 Å². The van der Waals surface area contributed by atoms with Crippen molar-refractivity contribution < 1.29 is 19.0 Å². The number of para-hydroxylation sites is 1. The second kappa shape index (κ2) is 8.39. The number of ether oxygens (including phenoxy) is 3. The van der Waals surface area contributed by atoms with Crippen LogP contribution in [0.4, 0.5) is 0 Å². The number of hydrogen-bond acceptors (Lipinski definition) is 6. The number of aromatic amines is 1. The van der Waals surface area contributed by atoms with E-state index in [0.717, 1.165) is 5.56 Å². The van der Waals surface area contributed by atoms with Gasteiger partial charge in [-0.1, -0.05) is 18.2 Å². The number of methoxy groups -OCH3 is 2. The highest BCUT2D eigenvalue weighted by atomic mass is 16.5. The lowest BCUT2D eigenvalue weighted by atomic mass is 10.2. The molecule has 0 spiro atoms. The standard InChI is InChI=1S/C21H20N2O5/c1-13(20-22-16-7-5-4-6-15(16)21(25)23-20)28-19(24)11-9-14-8-10-17(26-2)18(12-14)27-3/h4-13H,1-3H3,(H,22,23,25)/b11-9+/t13-/m0/s1. The number of fused-ring (bicyclic) bond motifs is 1. The largest absolute Gasteiger partial charge is 0.493 e. The SMILES string of the molecule is COc1ccc(/C=C/C(=O)O[C@@H](C)c2nc3ccccc3c(=O)[nH]2)cc1OC. The van der Waals surface area contributed by atoms with Crippen LogP contribution < -0.4 is 15.0 Å². The molecule has 7 nitrogen and oxygen atoms in total. The van der Waals surface area contributed by atoms with Gasteiger partial charge < -0.3 is 19.2 Å². The molecule has 0 fully saturated rings. The first kappa shape index (κ1) is 19.2. The molecule has 0 unspecified atom stereocenters. The van der Waals surface area contributed by atoms with Crippen LogP contribution in [-0.2, 0) is 9.53 Å². The maximum absolute atomic E-state index is 12.1. The highest BCUT2D eigenvalue weighted by molar-refractivity contribution is 5.87. The Kier molecular flexibility index (Phi) is 5.74. The first-order valence-corrected chi connectivity index (χ1v) is 8.61. The summed E-state index contributed by atoms with van der Waals surface area (Å²) in [6, 6.07) is 12.3. The Morgan fingerprint density at radius 1 is 1.11 bits per heavy atom. The Balaban J connectivity index is 1.72. The van der Waals surface area contributed by atoms with Crippen molar-refractivity contribution in [1.29, 1.82) is 0 Å². The van der Waals surface area contributed by atoms with Crippen LogP contribution in [0, 0.1) is 0 Å². The van der Waals surface area contributed by atoms with Crippen molar-refractivity contribution in [2.75, 3.05) is 14.2 Å². The van der Waals surface area contributed by atoms with E-state index in [4.69, 9.17) is 14.2 Å². The number of nitrogens with one attached hydrogen (secondary N) is 1. The Hall–Kier alpha value is -3.61. The van der Waals surface area contributed by atoms with Gasteiger partial charge in [0.05, 0.1) is 25.1 Å². The normalized spacial score (nSPS) is 12.1. The number of H-pyrrole nitrogens is 1. The zero-order valence-electron chi connectivity index (χ0n) is 15.8. The summed E-state index contributed by atoms with van der Waals surface area (Å²) in [7, 11) is 3.09. The predicted molar refractivity (Wildman–Crippen MR) is 105 cm³/mol. The molecule has 0 bridgehead atoms. The van der Waals surface area contributed by atoms with E-state index in [1.807, 2.05) is 0 Å². The van der Waals surface area contributed by atoms with Gasteiger partial charge in [0, 0.05) is 6.08 Å². The molecule has 7 heteroatoms. The second-order valence-corrected chi connectivity index (χ2v) is 6.00. The summed E-state index contributed by atoms with van der Waals surface area (Å²) in [5.41, 5.74) is 1.02. The molecule has 0 aliphatic rings. The highest BCUT2D eigenvalue weighted by Crippen LogP contribution is 2.28. The van der Waals surface area contributed by atoms with Crippen LogP contribution in [0.1, 0.15) is 24.4 Å². The lowest BCUT2D eigenvalue weighted by Crippen LogP contribution is -2.16.